The molecule has 1 aromatic carbocycles. The number of rotatable bonds is 9. The summed E-state index contributed by atoms with van der Waals surface area (Å²) >= 11 is 0. The van der Waals surface area contributed by atoms with Crippen LogP contribution in [-0.2, 0) is 9.63 Å². The van der Waals surface area contributed by atoms with Gasteiger partial charge in [-0.3, -0.25) is 9.63 Å². The van der Waals surface area contributed by atoms with Crippen molar-refractivity contribution in [1.29, 1.82) is 0 Å². The fourth-order valence-corrected chi connectivity index (χ4v) is 11.7. The van der Waals surface area contributed by atoms with Crippen LogP contribution in [0.25, 0.3) is 5.20 Å². The first-order chi connectivity index (χ1) is 12.2. The van der Waals surface area contributed by atoms with Crippen molar-refractivity contribution in [3.63, 3.8) is 0 Å². The van der Waals surface area contributed by atoms with Gasteiger partial charge in [-0.1, -0.05) is 83.1 Å². The number of allylic oxidation sites excluding steroid dienone is 1. The zero-order valence-corrected chi connectivity index (χ0v) is 18.9. The quantitative estimate of drug-likeness (QED) is 0.386. The van der Waals surface area contributed by atoms with E-state index in [2.05, 4.69) is 78.0 Å². The first kappa shape index (κ1) is 22.6. The summed E-state index contributed by atoms with van der Waals surface area (Å²) in [7, 11) is 1.39. The summed E-state index contributed by atoms with van der Waals surface area (Å²) in [6, 6.07) is 10.8. The third kappa shape index (κ3) is 4.86. The van der Waals surface area contributed by atoms with Crippen LogP contribution in [0, 0.1) is 0 Å². The minimum absolute atomic E-state index is 0.0158. The van der Waals surface area contributed by atoms with Crippen molar-refractivity contribution in [1.82, 2.24) is 5.06 Å². The maximum atomic E-state index is 12.1. The van der Waals surface area contributed by atoms with Crippen LogP contribution in [0.3, 0.4) is 0 Å². The number of carbonyl (C=O) groups excluding carboxylic acids is 1. The number of hydrogen-bond donors (Lipinski definition) is 0. The Kier molecular flexibility index (Phi) is 8.77. The Hall–Kier alpha value is -1.39. The molecule has 0 aromatic heterocycles. The van der Waals surface area contributed by atoms with Gasteiger partial charge < -0.3 is 0 Å². The van der Waals surface area contributed by atoms with E-state index in [1.165, 1.54) is 22.9 Å². The molecule has 0 bridgehead atoms. The van der Waals surface area contributed by atoms with E-state index in [1.807, 2.05) is 0 Å². The summed E-state index contributed by atoms with van der Waals surface area (Å²) in [6.07, 6.45) is 3.57. The van der Waals surface area contributed by atoms with Crippen molar-refractivity contribution in [2.45, 2.75) is 71.0 Å². The van der Waals surface area contributed by atoms with E-state index in [1.54, 1.807) is 7.05 Å². The Labute approximate surface area is 161 Å². The van der Waals surface area contributed by atoms with E-state index in [0.717, 1.165) is 6.42 Å². The molecule has 0 spiro atoms. The molecule has 0 N–H and O–H groups in total. The van der Waals surface area contributed by atoms with Gasteiger partial charge in [0.05, 0.1) is 15.2 Å². The molecule has 0 aliphatic heterocycles. The lowest BCUT2D eigenvalue weighted by Gasteiger charge is -2.45. The van der Waals surface area contributed by atoms with E-state index >= 15 is 0 Å². The maximum Gasteiger partial charge on any atom is 0.246 e. The van der Waals surface area contributed by atoms with Gasteiger partial charge in [-0.15, -0.1) is 0 Å². The number of nitrogens with zero attached hydrogens (tertiary/aromatic N) is 1. The van der Waals surface area contributed by atoms with E-state index in [0.29, 0.717) is 23.0 Å². The SMILES string of the molecule is CON(C)C(=O)CCC=C(c1ccccc1)[Si](C(C)C)(C(C)C)C(C)C. The van der Waals surface area contributed by atoms with Crippen molar-refractivity contribution in [3.05, 3.63) is 42.0 Å². The van der Waals surface area contributed by atoms with Gasteiger partial charge in [0, 0.05) is 13.5 Å². The molecule has 0 aliphatic rings. The van der Waals surface area contributed by atoms with Crippen LogP contribution in [0.15, 0.2) is 36.4 Å². The van der Waals surface area contributed by atoms with Crippen molar-refractivity contribution < 1.29 is 9.63 Å². The molecule has 0 fully saturated rings. The molecular formula is C22H37NO2Si. The molecule has 146 valence electrons. The van der Waals surface area contributed by atoms with Crippen LogP contribution >= 0.6 is 0 Å². The molecule has 0 saturated heterocycles. The van der Waals surface area contributed by atoms with E-state index in [-0.39, 0.29) is 5.91 Å². The van der Waals surface area contributed by atoms with Crippen molar-refractivity contribution >= 4 is 19.2 Å². The molecule has 3 nitrogen and oxygen atoms in total. The molecule has 4 heteroatoms. The first-order valence-corrected chi connectivity index (χ1v) is 12.0. The Bertz CT molecular complexity index is 572. The van der Waals surface area contributed by atoms with Gasteiger partial charge in [0.1, 0.15) is 0 Å². The molecular weight excluding hydrogens is 338 g/mol. The van der Waals surface area contributed by atoms with Crippen LogP contribution in [-0.4, -0.2) is 33.2 Å². The zero-order valence-electron chi connectivity index (χ0n) is 17.9. The second kappa shape index (κ2) is 10.1. The zero-order chi connectivity index (χ0) is 19.9. The van der Waals surface area contributed by atoms with Gasteiger partial charge in [0.25, 0.3) is 0 Å². The number of amides is 1. The summed E-state index contributed by atoms with van der Waals surface area (Å²) in [5.74, 6) is 0.0158. The molecule has 1 rings (SSSR count). The molecule has 0 aliphatic carbocycles. The summed E-state index contributed by atoms with van der Waals surface area (Å²) in [5.41, 5.74) is 3.21. The Morgan fingerprint density at radius 2 is 1.54 bits per heavy atom. The summed E-state index contributed by atoms with van der Waals surface area (Å²) in [6.45, 7) is 14.3. The molecule has 0 atom stereocenters. The van der Waals surface area contributed by atoms with E-state index < -0.39 is 8.07 Å². The number of benzene rings is 1. The first-order valence-electron chi connectivity index (χ1n) is 9.76. The van der Waals surface area contributed by atoms with Crippen LogP contribution < -0.4 is 0 Å². The smallest absolute Gasteiger partial charge is 0.246 e. The van der Waals surface area contributed by atoms with Gasteiger partial charge in [0.15, 0.2) is 0 Å². The molecule has 26 heavy (non-hydrogen) atoms. The van der Waals surface area contributed by atoms with Crippen LogP contribution in [0.5, 0.6) is 0 Å². The van der Waals surface area contributed by atoms with Gasteiger partial charge >= 0.3 is 0 Å². The Morgan fingerprint density at radius 1 is 1.04 bits per heavy atom. The van der Waals surface area contributed by atoms with Gasteiger partial charge in [0.2, 0.25) is 5.91 Å². The Morgan fingerprint density at radius 3 is 1.96 bits per heavy atom. The molecule has 1 aromatic rings. The molecule has 0 heterocycles. The number of hydrogen-bond acceptors (Lipinski definition) is 2. The Balaban J connectivity index is 3.36. The average molecular weight is 376 g/mol. The second-order valence-corrected chi connectivity index (χ2v) is 13.9. The number of carbonyl (C=O) groups is 1. The minimum Gasteiger partial charge on any atom is -0.275 e. The van der Waals surface area contributed by atoms with E-state index in [4.69, 9.17) is 4.84 Å². The highest BCUT2D eigenvalue weighted by atomic mass is 28.3. The third-order valence-corrected chi connectivity index (χ3v) is 12.9. The molecule has 0 saturated carbocycles. The highest BCUT2D eigenvalue weighted by Crippen LogP contribution is 2.50. The predicted octanol–water partition coefficient (Wildman–Crippen LogP) is 6.09. The normalized spacial score (nSPS) is 13.0. The van der Waals surface area contributed by atoms with Crippen LogP contribution in [0.2, 0.25) is 16.6 Å². The molecule has 0 unspecified atom stereocenters. The lowest BCUT2D eigenvalue weighted by molar-refractivity contribution is -0.168. The topological polar surface area (TPSA) is 29.5 Å². The predicted molar refractivity (Wildman–Crippen MR) is 114 cm³/mol. The summed E-state index contributed by atoms with van der Waals surface area (Å²) < 4.78 is 0. The van der Waals surface area contributed by atoms with Gasteiger partial charge in [-0.2, -0.15) is 0 Å². The monoisotopic (exact) mass is 375 g/mol. The van der Waals surface area contributed by atoms with Crippen LogP contribution in [0.4, 0.5) is 0 Å². The largest absolute Gasteiger partial charge is 0.275 e. The highest BCUT2D eigenvalue weighted by molar-refractivity contribution is 6.99. The van der Waals surface area contributed by atoms with Crippen molar-refractivity contribution in [2.24, 2.45) is 0 Å². The molecule has 1 amide bonds. The second-order valence-electron chi connectivity index (χ2n) is 7.99. The third-order valence-electron chi connectivity index (χ3n) is 5.75. The van der Waals surface area contributed by atoms with E-state index in [9.17, 15) is 4.79 Å². The number of hydroxylamine groups is 2. The summed E-state index contributed by atoms with van der Waals surface area (Å²) in [4.78, 5) is 17.1. The lowest BCUT2D eigenvalue weighted by atomic mass is 10.2. The highest BCUT2D eigenvalue weighted by Gasteiger charge is 2.46. The van der Waals surface area contributed by atoms with Crippen LogP contribution in [0.1, 0.15) is 59.9 Å². The fraction of sp³-hybridized carbons (Fsp3) is 0.591. The van der Waals surface area contributed by atoms with Gasteiger partial charge in [-0.05, 0) is 28.6 Å². The van der Waals surface area contributed by atoms with Crippen molar-refractivity contribution in [3.8, 4) is 0 Å². The minimum atomic E-state index is -1.80. The summed E-state index contributed by atoms with van der Waals surface area (Å²) in [5, 5.41) is 2.82. The maximum absolute atomic E-state index is 12.1. The van der Waals surface area contributed by atoms with Crippen molar-refractivity contribution in [2.75, 3.05) is 14.2 Å². The lowest BCUT2D eigenvalue weighted by Crippen LogP contribution is -2.46. The van der Waals surface area contributed by atoms with Gasteiger partial charge in [-0.25, -0.2) is 5.06 Å². The fourth-order valence-electron chi connectivity index (χ4n) is 4.69. The molecule has 0 radical (unpaired) electrons. The standard InChI is InChI=1S/C22H37NO2Si/c1-17(2)26(18(3)4,19(5)6)21(20-13-10-9-11-14-20)15-12-16-22(24)23(7)25-8/h9-11,13-15,17-19H,12,16H2,1-8H3. The average Bonchev–Trinajstić information content (AvgIpc) is 2.59.